The number of pyridine rings is 1. The molecule has 0 bridgehead atoms. The van der Waals surface area contributed by atoms with Crippen molar-refractivity contribution in [1.82, 2.24) is 4.98 Å². The van der Waals surface area contributed by atoms with Gasteiger partial charge in [-0.05, 0) is 19.1 Å². The molecule has 0 fully saturated rings. The number of nitrogens with two attached hydrogens (primary N) is 1. The maximum atomic E-state index is 10.9. The van der Waals surface area contributed by atoms with Crippen LogP contribution >= 0.6 is 11.6 Å². The van der Waals surface area contributed by atoms with Crippen molar-refractivity contribution in [3.8, 4) is 0 Å². The Balaban J connectivity index is 2.83. The number of aromatic nitrogens is 1. The summed E-state index contributed by atoms with van der Waals surface area (Å²) in [6.45, 7) is 1.72. The first-order chi connectivity index (χ1) is 6.13. The lowest BCUT2D eigenvalue weighted by atomic mass is 10.3. The van der Waals surface area contributed by atoms with Crippen LogP contribution in [0.5, 0.6) is 0 Å². The van der Waals surface area contributed by atoms with Gasteiger partial charge in [-0.25, -0.2) is 4.98 Å². The van der Waals surface area contributed by atoms with Crippen molar-refractivity contribution in [1.29, 1.82) is 0 Å². The Morgan fingerprint density at radius 1 is 1.69 bits per heavy atom. The number of rotatable bonds is 2. The Kier molecular flexibility index (Phi) is 3.22. The first kappa shape index (κ1) is 9.95. The Hall–Kier alpha value is -1.13. The maximum Gasteiger partial charge on any atom is 0.238 e. The lowest BCUT2D eigenvalue weighted by Crippen LogP contribution is -2.22. The van der Waals surface area contributed by atoms with E-state index in [2.05, 4.69) is 10.3 Å². The summed E-state index contributed by atoms with van der Waals surface area (Å²) in [4.78, 5) is 14.9. The first-order valence-corrected chi connectivity index (χ1v) is 4.14. The smallest absolute Gasteiger partial charge is 0.238 e. The molecule has 5 heteroatoms. The highest BCUT2D eigenvalue weighted by molar-refractivity contribution is 6.29. The van der Waals surface area contributed by atoms with Gasteiger partial charge in [-0.2, -0.15) is 0 Å². The van der Waals surface area contributed by atoms with Gasteiger partial charge in [-0.1, -0.05) is 11.6 Å². The quantitative estimate of drug-likeness (QED) is 0.697. The highest BCUT2D eigenvalue weighted by Gasteiger charge is 2.03. The van der Waals surface area contributed by atoms with Crippen LogP contribution in [0.2, 0.25) is 5.15 Å². The van der Waals surface area contributed by atoms with Gasteiger partial charge in [0.25, 0.3) is 0 Å². The van der Waals surface area contributed by atoms with E-state index < -0.39 is 0 Å². The molecule has 1 rings (SSSR count). The zero-order valence-electron chi connectivity index (χ0n) is 7.17. The van der Waals surface area contributed by atoms with Crippen LogP contribution in [0.1, 0.15) is 5.69 Å². The molecule has 13 heavy (non-hydrogen) atoms. The van der Waals surface area contributed by atoms with Gasteiger partial charge in [0.2, 0.25) is 5.91 Å². The molecule has 1 aromatic rings. The first-order valence-electron chi connectivity index (χ1n) is 3.76. The van der Waals surface area contributed by atoms with Crippen LogP contribution in [0.15, 0.2) is 12.1 Å². The van der Waals surface area contributed by atoms with E-state index in [0.29, 0.717) is 16.5 Å². The number of carbonyl (C=O) groups is 1. The molecule has 0 aliphatic rings. The zero-order chi connectivity index (χ0) is 9.84. The minimum absolute atomic E-state index is 0.0396. The number of carbonyl (C=O) groups excluding carboxylic acids is 1. The molecule has 1 heterocycles. The SMILES string of the molecule is Cc1nc(Cl)ccc1NC(=O)CN. The number of nitrogens with zero attached hydrogens (tertiary/aromatic N) is 1. The highest BCUT2D eigenvalue weighted by atomic mass is 35.5. The molecule has 1 amide bonds. The average molecular weight is 200 g/mol. The van der Waals surface area contributed by atoms with Crippen molar-refractivity contribution in [2.75, 3.05) is 11.9 Å². The molecule has 0 aliphatic heterocycles. The molecule has 70 valence electrons. The minimum Gasteiger partial charge on any atom is -0.323 e. The molecular weight excluding hydrogens is 190 g/mol. The Labute approximate surface area is 81.1 Å². The van der Waals surface area contributed by atoms with Crippen molar-refractivity contribution in [3.05, 3.63) is 23.0 Å². The molecule has 1 aromatic heterocycles. The molecule has 0 unspecified atom stereocenters. The predicted molar refractivity (Wildman–Crippen MR) is 51.7 cm³/mol. The monoisotopic (exact) mass is 199 g/mol. The number of anilines is 1. The van der Waals surface area contributed by atoms with Gasteiger partial charge in [-0.15, -0.1) is 0 Å². The molecule has 0 saturated carbocycles. The van der Waals surface area contributed by atoms with Crippen LogP contribution in [-0.2, 0) is 4.79 Å². The third-order valence-corrected chi connectivity index (χ3v) is 1.72. The summed E-state index contributed by atoms with van der Waals surface area (Å²) in [7, 11) is 0. The second-order valence-electron chi connectivity index (χ2n) is 2.52. The van der Waals surface area contributed by atoms with Crippen LogP contribution in [0.3, 0.4) is 0 Å². The summed E-state index contributed by atoms with van der Waals surface area (Å²) in [5.41, 5.74) is 6.46. The highest BCUT2D eigenvalue weighted by Crippen LogP contribution is 2.15. The summed E-state index contributed by atoms with van der Waals surface area (Å²) in [5, 5.41) is 3.01. The molecule has 0 spiro atoms. The summed E-state index contributed by atoms with van der Waals surface area (Å²) in [6, 6.07) is 3.30. The Morgan fingerprint density at radius 2 is 2.38 bits per heavy atom. The Bertz CT molecular complexity index is 327. The Morgan fingerprint density at radius 3 is 2.92 bits per heavy atom. The van der Waals surface area contributed by atoms with Gasteiger partial charge in [0.1, 0.15) is 5.15 Å². The summed E-state index contributed by atoms with van der Waals surface area (Å²) in [6.07, 6.45) is 0. The van der Waals surface area contributed by atoms with Gasteiger partial charge >= 0.3 is 0 Å². The molecule has 0 atom stereocenters. The topological polar surface area (TPSA) is 68.0 Å². The predicted octanol–water partition coefficient (Wildman–Crippen LogP) is 0.941. The molecule has 0 aromatic carbocycles. The summed E-state index contributed by atoms with van der Waals surface area (Å²) in [5.74, 6) is -0.243. The third-order valence-electron chi connectivity index (χ3n) is 1.51. The number of halogens is 1. The summed E-state index contributed by atoms with van der Waals surface area (Å²) >= 11 is 5.64. The molecule has 3 N–H and O–H groups in total. The van der Waals surface area contributed by atoms with Crippen molar-refractivity contribution in [3.63, 3.8) is 0 Å². The van der Waals surface area contributed by atoms with Gasteiger partial charge in [0.05, 0.1) is 17.9 Å². The van der Waals surface area contributed by atoms with Gasteiger partial charge in [0, 0.05) is 0 Å². The molecule has 0 radical (unpaired) electrons. The van der Waals surface area contributed by atoms with Crippen LogP contribution in [0.25, 0.3) is 0 Å². The number of amides is 1. The van der Waals surface area contributed by atoms with E-state index in [-0.39, 0.29) is 12.5 Å². The van der Waals surface area contributed by atoms with E-state index in [4.69, 9.17) is 17.3 Å². The van der Waals surface area contributed by atoms with Crippen LogP contribution in [0, 0.1) is 6.92 Å². The number of aryl methyl sites for hydroxylation is 1. The second kappa shape index (κ2) is 4.20. The van der Waals surface area contributed by atoms with E-state index in [1.54, 1.807) is 19.1 Å². The van der Waals surface area contributed by atoms with Crippen molar-refractivity contribution in [2.45, 2.75) is 6.92 Å². The minimum atomic E-state index is -0.243. The lowest BCUT2D eigenvalue weighted by molar-refractivity contribution is -0.114. The van der Waals surface area contributed by atoms with E-state index in [1.165, 1.54) is 0 Å². The average Bonchev–Trinajstić information content (AvgIpc) is 2.09. The lowest BCUT2D eigenvalue weighted by Gasteiger charge is -2.05. The van der Waals surface area contributed by atoms with Crippen LogP contribution in [0.4, 0.5) is 5.69 Å². The van der Waals surface area contributed by atoms with Crippen LogP contribution < -0.4 is 11.1 Å². The van der Waals surface area contributed by atoms with Crippen LogP contribution in [-0.4, -0.2) is 17.4 Å². The van der Waals surface area contributed by atoms with Crippen molar-refractivity contribution < 1.29 is 4.79 Å². The number of hydrogen-bond donors (Lipinski definition) is 2. The van der Waals surface area contributed by atoms with Crippen molar-refractivity contribution >= 4 is 23.2 Å². The largest absolute Gasteiger partial charge is 0.323 e. The van der Waals surface area contributed by atoms with E-state index in [0.717, 1.165) is 0 Å². The molecule has 4 nitrogen and oxygen atoms in total. The second-order valence-corrected chi connectivity index (χ2v) is 2.91. The maximum absolute atomic E-state index is 10.9. The summed E-state index contributed by atoms with van der Waals surface area (Å²) < 4.78 is 0. The van der Waals surface area contributed by atoms with Gasteiger partial charge in [-0.3, -0.25) is 4.79 Å². The molecule has 0 saturated heterocycles. The normalized spacial score (nSPS) is 9.77. The van der Waals surface area contributed by atoms with E-state index in [1.807, 2.05) is 0 Å². The fourth-order valence-corrected chi connectivity index (χ4v) is 1.05. The van der Waals surface area contributed by atoms with Gasteiger partial charge < -0.3 is 11.1 Å². The number of hydrogen-bond acceptors (Lipinski definition) is 3. The number of nitrogens with one attached hydrogen (secondary N) is 1. The molecule has 0 aliphatic carbocycles. The fourth-order valence-electron chi connectivity index (χ4n) is 0.864. The third kappa shape index (κ3) is 2.68. The fraction of sp³-hybridized carbons (Fsp3) is 0.250. The standard InChI is InChI=1S/C8H10ClN3O/c1-5-6(12-8(13)4-10)2-3-7(9)11-5/h2-3H,4,10H2,1H3,(H,12,13). The van der Waals surface area contributed by atoms with Crippen molar-refractivity contribution in [2.24, 2.45) is 5.73 Å². The van der Waals surface area contributed by atoms with E-state index in [9.17, 15) is 4.79 Å². The van der Waals surface area contributed by atoms with Gasteiger partial charge in [0.15, 0.2) is 0 Å². The van der Waals surface area contributed by atoms with E-state index >= 15 is 0 Å². The molecular formula is C8H10ClN3O. The zero-order valence-corrected chi connectivity index (χ0v) is 7.93.